The van der Waals surface area contributed by atoms with E-state index >= 15 is 0 Å². The molecule has 0 radical (unpaired) electrons. The van der Waals surface area contributed by atoms with E-state index < -0.39 is 17.5 Å². The molecule has 0 saturated heterocycles. The third-order valence-corrected chi connectivity index (χ3v) is 3.91. The number of hydrogen-bond acceptors (Lipinski definition) is 2. The van der Waals surface area contributed by atoms with E-state index in [0.29, 0.717) is 25.1 Å². The monoisotopic (exact) mass is 294 g/mol. The second kappa shape index (κ2) is 6.11. The molecule has 114 valence electrons. The Balaban J connectivity index is 2.16. The van der Waals surface area contributed by atoms with Gasteiger partial charge in [0.15, 0.2) is 0 Å². The van der Waals surface area contributed by atoms with Crippen molar-refractivity contribution in [1.29, 1.82) is 0 Å². The number of hydrogen-bond donors (Lipinski definition) is 2. The quantitative estimate of drug-likeness (QED) is 0.897. The maximum atomic E-state index is 13.0. The number of carboxylic acid groups (broad SMARTS) is 1. The zero-order valence-electron chi connectivity index (χ0n) is 11.9. The average Bonchev–Trinajstić information content (AvgIpc) is 2.91. The van der Waals surface area contributed by atoms with E-state index in [9.17, 15) is 19.1 Å². The molecule has 2 amide bonds. The molecule has 1 aliphatic rings. The fourth-order valence-corrected chi connectivity index (χ4v) is 2.71. The Morgan fingerprint density at radius 2 is 1.86 bits per heavy atom. The number of halogens is 1. The van der Waals surface area contributed by atoms with Crippen LogP contribution in [0.4, 0.5) is 14.9 Å². The van der Waals surface area contributed by atoms with Gasteiger partial charge >= 0.3 is 12.0 Å². The fraction of sp³-hybridized carbons (Fsp3) is 0.467. The molecule has 2 N–H and O–H groups in total. The van der Waals surface area contributed by atoms with Gasteiger partial charge in [0.25, 0.3) is 0 Å². The van der Waals surface area contributed by atoms with Crippen LogP contribution in [0.25, 0.3) is 0 Å². The third kappa shape index (κ3) is 3.15. The minimum Gasteiger partial charge on any atom is -0.480 e. The molecule has 2 rings (SSSR count). The lowest BCUT2D eigenvalue weighted by Gasteiger charge is -2.30. The van der Waals surface area contributed by atoms with Crippen molar-refractivity contribution >= 4 is 17.7 Å². The molecule has 1 aliphatic carbocycles. The second-order valence-corrected chi connectivity index (χ2v) is 5.25. The van der Waals surface area contributed by atoms with Gasteiger partial charge in [-0.1, -0.05) is 12.8 Å². The van der Waals surface area contributed by atoms with Crippen LogP contribution in [0.2, 0.25) is 0 Å². The fourth-order valence-electron chi connectivity index (χ4n) is 2.71. The van der Waals surface area contributed by atoms with Crippen molar-refractivity contribution in [2.45, 2.75) is 38.1 Å². The number of anilines is 1. The average molecular weight is 294 g/mol. The zero-order chi connectivity index (χ0) is 15.5. The van der Waals surface area contributed by atoms with Crippen molar-refractivity contribution in [1.82, 2.24) is 5.32 Å². The summed E-state index contributed by atoms with van der Waals surface area (Å²) in [4.78, 5) is 25.3. The molecule has 1 aromatic carbocycles. The van der Waals surface area contributed by atoms with Crippen LogP contribution in [0.5, 0.6) is 0 Å². The van der Waals surface area contributed by atoms with E-state index in [4.69, 9.17) is 0 Å². The van der Waals surface area contributed by atoms with E-state index in [1.54, 1.807) is 6.92 Å². The number of nitrogens with zero attached hydrogens (tertiary/aromatic N) is 1. The van der Waals surface area contributed by atoms with Gasteiger partial charge in [-0.2, -0.15) is 0 Å². The van der Waals surface area contributed by atoms with Crippen molar-refractivity contribution in [3.63, 3.8) is 0 Å². The third-order valence-electron chi connectivity index (χ3n) is 3.91. The first kappa shape index (κ1) is 15.3. The number of aliphatic carboxylic acids is 1. The summed E-state index contributed by atoms with van der Waals surface area (Å²) in [5.41, 5.74) is -0.639. The SMILES string of the molecule is CCN(C(=O)NC1(C(=O)O)CCCC1)c1ccc(F)cc1. The molecular formula is C15H19FN2O3. The van der Waals surface area contributed by atoms with E-state index in [0.717, 1.165) is 12.8 Å². The Morgan fingerprint density at radius 3 is 2.33 bits per heavy atom. The van der Waals surface area contributed by atoms with Gasteiger partial charge in [0.2, 0.25) is 0 Å². The highest BCUT2D eigenvalue weighted by Gasteiger charge is 2.43. The zero-order valence-corrected chi connectivity index (χ0v) is 11.9. The molecule has 0 bridgehead atoms. The largest absolute Gasteiger partial charge is 0.480 e. The van der Waals surface area contributed by atoms with Crippen LogP contribution in [-0.2, 0) is 4.79 Å². The summed E-state index contributed by atoms with van der Waals surface area (Å²) in [5.74, 6) is -1.38. The minimum atomic E-state index is -1.18. The predicted molar refractivity (Wildman–Crippen MR) is 76.8 cm³/mol. The molecule has 0 aliphatic heterocycles. The van der Waals surface area contributed by atoms with Crippen LogP contribution in [0.15, 0.2) is 24.3 Å². The van der Waals surface area contributed by atoms with Gasteiger partial charge in [-0.3, -0.25) is 4.90 Å². The molecule has 0 atom stereocenters. The van der Waals surface area contributed by atoms with Crippen molar-refractivity contribution in [3.05, 3.63) is 30.1 Å². The molecule has 5 nitrogen and oxygen atoms in total. The number of carboxylic acids is 1. The summed E-state index contributed by atoms with van der Waals surface area (Å²) >= 11 is 0. The summed E-state index contributed by atoms with van der Waals surface area (Å²) in [6, 6.07) is 5.08. The van der Waals surface area contributed by atoms with E-state index in [1.807, 2.05) is 0 Å². The number of nitrogens with one attached hydrogen (secondary N) is 1. The molecule has 21 heavy (non-hydrogen) atoms. The van der Waals surface area contributed by atoms with Crippen molar-refractivity contribution < 1.29 is 19.1 Å². The maximum Gasteiger partial charge on any atom is 0.329 e. The summed E-state index contributed by atoms with van der Waals surface area (Å²) in [6.45, 7) is 2.15. The van der Waals surface area contributed by atoms with Crippen LogP contribution in [0.1, 0.15) is 32.6 Å². The normalized spacial score (nSPS) is 16.5. The van der Waals surface area contributed by atoms with Crippen LogP contribution in [-0.4, -0.2) is 29.2 Å². The van der Waals surface area contributed by atoms with E-state index in [-0.39, 0.29) is 5.82 Å². The maximum absolute atomic E-state index is 13.0. The van der Waals surface area contributed by atoms with Gasteiger partial charge in [-0.15, -0.1) is 0 Å². The highest BCUT2D eigenvalue weighted by molar-refractivity contribution is 5.95. The lowest BCUT2D eigenvalue weighted by Crippen LogP contribution is -2.56. The van der Waals surface area contributed by atoms with Gasteiger partial charge in [-0.25, -0.2) is 14.0 Å². The number of carbonyl (C=O) groups is 2. The number of rotatable bonds is 4. The Hall–Kier alpha value is -2.11. The van der Waals surface area contributed by atoms with Crippen molar-refractivity contribution in [2.75, 3.05) is 11.4 Å². The summed E-state index contributed by atoms with van der Waals surface area (Å²) in [6.07, 6.45) is 2.45. The number of amides is 2. The predicted octanol–water partition coefficient (Wildman–Crippen LogP) is 2.76. The van der Waals surface area contributed by atoms with Crippen LogP contribution < -0.4 is 10.2 Å². The lowest BCUT2D eigenvalue weighted by molar-refractivity contribution is -0.144. The Kier molecular flexibility index (Phi) is 4.45. The number of urea groups is 1. The molecule has 6 heteroatoms. The standard InChI is InChI=1S/C15H19FN2O3/c1-2-18(12-7-5-11(16)6-8-12)14(21)17-15(13(19)20)9-3-4-10-15/h5-8H,2-4,9-10H2,1H3,(H,17,21)(H,19,20). The lowest BCUT2D eigenvalue weighted by atomic mass is 9.98. The Labute approximate surface area is 122 Å². The highest BCUT2D eigenvalue weighted by atomic mass is 19.1. The topological polar surface area (TPSA) is 69.6 Å². The Morgan fingerprint density at radius 1 is 1.29 bits per heavy atom. The van der Waals surface area contributed by atoms with E-state index in [1.165, 1.54) is 29.2 Å². The molecule has 1 aromatic rings. The molecule has 1 fully saturated rings. The first-order valence-electron chi connectivity index (χ1n) is 7.07. The Bertz CT molecular complexity index is 524. The summed E-state index contributed by atoms with van der Waals surface area (Å²) < 4.78 is 13.0. The first-order valence-corrected chi connectivity index (χ1v) is 7.07. The molecule has 0 aromatic heterocycles. The number of carbonyl (C=O) groups excluding carboxylic acids is 1. The number of benzene rings is 1. The molecule has 0 unspecified atom stereocenters. The van der Waals surface area contributed by atoms with Crippen LogP contribution in [0.3, 0.4) is 0 Å². The van der Waals surface area contributed by atoms with E-state index in [2.05, 4.69) is 5.32 Å². The minimum absolute atomic E-state index is 0.368. The molecule has 0 spiro atoms. The van der Waals surface area contributed by atoms with Gasteiger partial charge in [0, 0.05) is 12.2 Å². The van der Waals surface area contributed by atoms with Crippen LogP contribution in [0, 0.1) is 5.82 Å². The smallest absolute Gasteiger partial charge is 0.329 e. The molecular weight excluding hydrogens is 275 g/mol. The van der Waals surface area contributed by atoms with Crippen LogP contribution >= 0.6 is 0 Å². The summed E-state index contributed by atoms with van der Waals surface area (Å²) in [7, 11) is 0. The first-order chi connectivity index (χ1) is 9.98. The second-order valence-electron chi connectivity index (χ2n) is 5.25. The van der Waals surface area contributed by atoms with Gasteiger partial charge < -0.3 is 10.4 Å². The van der Waals surface area contributed by atoms with Gasteiger partial charge in [0.05, 0.1) is 0 Å². The molecule has 1 saturated carbocycles. The molecule has 0 heterocycles. The summed E-state index contributed by atoms with van der Waals surface area (Å²) in [5, 5.41) is 12.0. The van der Waals surface area contributed by atoms with Crippen molar-refractivity contribution in [2.24, 2.45) is 0 Å². The highest BCUT2D eigenvalue weighted by Crippen LogP contribution is 2.30. The van der Waals surface area contributed by atoms with Gasteiger partial charge in [-0.05, 0) is 44.0 Å². The van der Waals surface area contributed by atoms with Crippen molar-refractivity contribution in [3.8, 4) is 0 Å². The van der Waals surface area contributed by atoms with Gasteiger partial charge in [0.1, 0.15) is 11.4 Å².